The summed E-state index contributed by atoms with van der Waals surface area (Å²) in [6.45, 7) is 3.69. The highest BCUT2D eigenvalue weighted by Crippen LogP contribution is 2.29. The maximum absolute atomic E-state index is 12.8. The molecule has 0 aliphatic carbocycles. The van der Waals surface area contributed by atoms with Gasteiger partial charge < -0.3 is 4.90 Å². The maximum atomic E-state index is 12.8. The summed E-state index contributed by atoms with van der Waals surface area (Å²) < 4.78 is 2.50. The SMILES string of the molecule is CCCc1cnc2c(c1SCC(=O)N1CCCCC1)c(=O)n(C)c(=O)n2C. The van der Waals surface area contributed by atoms with Crippen LogP contribution in [-0.2, 0) is 25.3 Å². The number of aromatic nitrogens is 3. The van der Waals surface area contributed by atoms with Crippen LogP contribution in [0.2, 0.25) is 0 Å². The van der Waals surface area contributed by atoms with Crippen LogP contribution in [0.25, 0.3) is 11.0 Å². The van der Waals surface area contributed by atoms with E-state index in [2.05, 4.69) is 11.9 Å². The Morgan fingerprint density at radius 2 is 1.85 bits per heavy atom. The normalized spacial score (nSPS) is 14.7. The molecule has 7 nitrogen and oxygen atoms in total. The topological polar surface area (TPSA) is 77.2 Å². The minimum atomic E-state index is -0.399. The lowest BCUT2D eigenvalue weighted by atomic mass is 10.1. The molecule has 2 aromatic heterocycles. The van der Waals surface area contributed by atoms with Crippen LogP contribution in [0.5, 0.6) is 0 Å². The summed E-state index contributed by atoms with van der Waals surface area (Å²) >= 11 is 1.40. The third-order valence-corrected chi connectivity index (χ3v) is 6.21. The molecular weight excluding hydrogens is 364 g/mol. The van der Waals surface area contributed by atoms with Gasteiger partial charge in [0.25, 0.3) is 5.56 Å². The molecule has 8 heteroatoms. The Kier molecular flexibility index (Phi) is 6.04. The molecule has 0 unspecified atom stereocenters. The van der Waals surface area contributed by atoms with E-state index < -0.39 is 5.69 Å². The van der Waals surface area contributed by atoms with Crippen LogP contribution in [0.15, 0.2) is 20.7 Å². The predicted molar refractivity (Wildman–Crippen MR) is 107 cm³/mol. The highest BCUT2D eigenvalue weighted by Gasteiger charge is 2.21. The molecule has 0 aromatic carbocycles. The van der Waals surface area contributed by atoms with Gasteiger partial charge in [0, 0.05) is 38.3 Å². The lowest BCUT2D eigenvalue weighted by molar-refractivity contribution is -0.129. The van der Waals surface area contributed by atoms with Gasteiger partial charge in [-0.1, -0.05) is 13.3 Å². The van der Waals surface area contributed by atoms with Gasteiger partial charge in [-0.2, -0.15) is 0 Å². The molecule has 146 valence electrons. The Hall–Kier alpha value is -2.09. The third kappa shape index (κ3) is 3.81. The number of thioether (sulfide) groups is 1. The zero-order valence-electron chi connectivity index (χ0n) is 16.2. The highest BCUT2D eigenvalue weighted by atomic mass is 32.2. The number of pyridine rings is 1. The first-order chi connectivity index (χ1) is 13.0. The van der Waals surface area contributed by atoms with Crippen molar-refractivity contribution in [3.8, 4) is 0 Å². The van der Waals surface area contributed by atoms with E-state index in [4.69, 9.17) is 0 Å². The number of carbonyl (C=O) groups excluding carboxylic acids is 1. The predicted octanol–water partition coefficient (Wildman–Crippen LogP) is 1.69. The average molecular weight is 391 g/mol. The van der Waals surface area contributed by atoms with Gasteiger partial charge in [0.2, 0.25) is 5.91 Å². The van der Waals surface area contributed by atoms with Gasteiger partial charge in [-0.3, -0.25) is 18.7 Å². The maximum Gasteiger partial charge on any atom is 0.332 e. The van der Waals surface area contributed by atoms with Crippen molar-refractivity contribution in [1.29, 1.82) is 0 Å². The van der Waals surface area contributed by atoms with Crippen molar-refractivity contribution >= 4 is 28.7 Å². The summed E-state index contributed by atoms with van der Waals surface area (Å²) in [6.07, 6.45) is 6.70. The summed E-state index contributed by atoms with van der Waals surface area (Å²) in [5.74, 6) is 0.399. The molecule has 0 N–H and O–H groups in total. The monoisotopic (exact) mass is 390 g/mol. The molecular formula is C19H26N4O3S. The molecule has 0 spiro atoms. The largest absolute Gasteiger partial charge is 0.342 e. The van der Waals surface area contributed by atoms with Crippen LogP contribution in [-0.4, -0.2) is 43.8 Å². The number of carbonyl (C=O) groups is 1. The number of piperidine rings is 1. The van der Waals surface area contributed by atoms with E-state index in [1.165, 1.54) is 29.8 Å². The molecule has 3 rings (SSSR count). The fourth-order valence-corrected chi connectivity index (χ4v) is 4.64. The lowest BCUT2D eigenvalue weighted by Gasteiger charge is -2.26. The second-order valence-corrected chi connectivity index (χ2v) is 7.98. The van der Waals surface area contributed by atoms with Crippen molar-refractivity contribution in [3.05, 3.63) is 32.6 Å². The summed E-state index contributed by atoms with van der Waals surface area (Å²) in [6, 6.07) is 0. The molecule has 0 saturated carbocycles. The fraction of sp³-hybridized carbons (Fsp3) is 0.579. The van der Waals surface area contributed by atoms with Gasteiger partial charge in [-0.15, -0.1) is 11.8 Å². The standard InChI is InChI=1S/C19H26N4O3S/c1-4-8-13-11-20-17-15(18(25)22(3)19(26)21(17)2)16(13)27-12-14(24)23-9-6-5-7-10-23/h11H,4-10,12H2,1-3H3. The Bertz CT molecular complexity index is 974. The van der Waals surface area contributed by atoms with Crippen molar-refractivity contribution in [1.82, 2.24) is 19.0 Å². The van der Waals surface area contributed by atoms with Gasteiger partial charge in [0.1, 0.15) is 5.65 Å². The van der Waals surface area contributed by atoms with Crippen molar-refractivity contribution in [2.45, 2.75) is 43.9 Å². The average Bonchev–Trinajstić information content (AvgIpc) is 2.69. The van der Waals surface area contributed by atoms with E-state index in [-0.39, 0.29) is 11.5 Å². The molecule has 1 fully saturated rings. The smallest absolute Gasteiger partial charge is 0.332 e. The third-order valence-electron chi connectivity index (χ3n) is 5.06. The number of hydrogen-bond acceptors (Lipinski definition) is 5. The highest BCUT2D eigenvalue weighted by molar-refractivity contribution is 8.00. The Morgan fingerprint density at radius 3 is 2.52 bits per heavy atom. The first-order valence-corrected chi connectivity index (χ1v) is 10.4. The molecule has 1 aliphatic heterocycles. The number of amides is 1. The molecule has 0 bridgehead atoms. The number of aryl methyl sites for hydroxylation is 2. The number of hydrogen-bond donors (Lipinski definition) is 0. The van der Waals surface area contributed by atoms with E-state index in [9.17, 15) is 14.4 Å². The summed E-state index contributed by atoms with van der Waals surface area (Å²) in [5.41, 5.74) is 0.572. The number of rotatable bonds is 5. The summed E-state index contributed by atoms with van der Waals surface area (Å²) in [4.78, 5) is 44.7. The first kappa shape index (κ1) is 19.7. The van der Waals surface area contributed by atoms with Crippen molar-refractivity contribution < 1.29 is 4.79 Å². The van der Waals surface area contributed by atoms with Crippen LogP contribution in [0.3, 0.4) is 0 Å². The first-order valence-electron chi connectivity index (χ1n) is 9.43. The van der Waals surface area contributed by atoms with E-state index in [0.717, 1.165) is 53.8 Å². The van der Waals surface area contributed by atoms with Crippen molar-refractivity contribution in [2.75, 3.05) is 18.8 Å². The molecule has 0 atom stereocenters. The van der Waals surface area contributed by atoms with Gasteiger partial charge in [0.05, 0.1) is 11.1 Å². The molecule has 27 heavy (non-hydrogen) atoms. The summed E-state index contributed by atoms with van der Waals surface area (Å²) in [7, 11) is 3.09. The zero-order valence-corrected chi connectivity index (χ0v) is 17.0. The Balaban J connectivity index is 2.03. The second kappa shape index (κ2) is 8.29. The minimum Gasteiger partial charge on any atom is -0.342 e. The molecule has 0 radical (unpaired) electrons. The van der Waals surface area contributed by atoms with Gasteiger partial charge in [-0.05, 0) is 31.2 Å². The number of nitrogens with zero attached hydrogens (tertiary/aromatic N) is 4. The Morgan fingerprint density at radius 1 is 1.15 bits per heavy atom. The van der Waals surface area contributed by atoms with Crippen molar-refractivity contribution in [3.63, 3.8) is 0 Å². The second-order valence-electron chi connectivity index (χ2n) is 7.00. The summed E-state index contributed by atoms with van der Waals surface area (Å²) in [5, 5.41) is 0.432. The van der Waals surface area contributed by atoms with Crippen LogP contribution >= 0.6 is 11.8 Å². The van der Waals surface area contributed by atoms with Crippen molar-refractivity contribution in [2.24, 2.45) is 14.1 Å². The molecule has 3 heterocycles. The quantitative estimate of drug-likeness (QED) is 0.726. The van der Waals surface area contributed by atoms with Crippen LogP contribution in [0.4, 0.5) is 0 Å². The molecule has 1 aliphatic rings. The van der Waals surface area contributed by atoms with E-state index in [1.807, 2.05) is 4.90 Å². The number of likely N-dealkylation sites (tertiary alicyclic amines) is 1. The van der Waals surface area contributed by atoms with Crippen LogP contribution < -0.4 is 11.2 Å². The minimum absolute atomic E-state index is 0.105. The van der Waals surface area contributed by atoms with E-state index in [1.54, 1.807) is 13.2 Å². The van der Waals surface area contributed by atoms with Crippen LogP contribution in [0, 0.1) is 0 Å². The van der Waals surface area contributed by atoms with E-state index >= 15 is 0 Å². The fourth-order valence-electron chi connectivity index (χ4n) is 3.52. The Labute approximate surface area is 162 Å². The molecule has 2 aromatic rings. The molecule has 1 saturated heterocycles. The molecule has 1 amide bonds. The lowest BCUT2D eigenvalue weighted by Crippen LogP contribution is -2.38. The number of fused-ring (bicyclic) bond motifs is 1. The van der Waals surface area contributed by atoms with Gasteiger partial charge in [-0.25, -0.2) is 9.78 Å². The van der Waals surface area contributed by atoms with Gasteiger partial charge in [0.15, 0.2) is 0 Å². The van der Waals surface area contributed by atoms with Crippen LogP contribution in [0.1, 0.15) is 38.2 Å². The zero-order chi connectivity index (χ0) is 19.6. The van der Waals surface area contributed by atoms with Gasteiger partial charge >= 0.3 is 5.69 Å². The van der Waals surface area contributed by atoms with E-state index in [0.29, 0.717) is 16.8 Å².